The summed E-state index contributed by atoms with van der Waals surface area (Å²) in [6.45, 7) is 0.859. The summed E-state index contributed by atoms with van der Waals surface area (Å²) in [5, 5.41) is 0.146. The van der Waals surface area contributed by atoms with Crippen molar-refractivity contribution < 1.29 is 8.42 Å². The van der Waals surface area contributed by atoms with Crippen LogP contribution in [0.2, 0.25) is 0 Å². The quantitative estimate of drug-likeness (QED) is 0.717. The number of aromatic amines is 2. The Labute approximate surface area is 155 Å². The topological polar surface area (TPSA) is 103 Å². The van der Waals surface area contributed by atoms with Gasteiger partial charge in [0.1, 0.15) is 0 Å². The molecule has 0 radical (unpaired) electrons. The smallest absolute Gasteiger partial charge is 0.307 e. The van der Waals surface area contributed by atoms with E-state index < -0.39 is 21.3 Å². The SMILES string of the molecule is O=c1[nH]c(=O)c2cc(S(=O)(=O)N3CCCC(c4ccccc4)C3)ccc2[nH]1. The van der Waals surface area contributed by atoms with Gasteiger partial charge in [-0.1, -0.05) is 30.3 Å². The molecule has 2 heterocycles. The van der Waals surface area contributed by atoms with Gasteiger partial charge in [0.05, 0.1) is 15.8 Å². The number of H-pyrrole nitrogens is 2. The Balaban J connectivity index is 1.69. The second-order valence-electron chi connectivity index (χ2n) is 6.73. The van der Waals surface area contributed by atoms with Gasteiger partial charge in [-0.15, -0.1) is 0 Å². The summed E-state index contributed by atoms with van der Waals surface area (Å²) in [5.41, 5.74) is 0.213. The molecule has 2 aromatic carbocycles. The molecule has 1 fully saturated rings. The zero-order valence-electron chi connectivity index (χ0n) is 14.5. The zero-order valence-corrected chi connectivity index (χ0v) is 15.3. The van der Waals surface area contributed by atoms with Gasteiger partial charge in [0.2, 0.25) is 10.0 Å². The predicted octanol–water partition coefficient (Wildman–Crippen LogP) is 1.78. The molecular weight excluding hydrogens is 366 g/mol. The lowest BCUT2D eigenvalue weighted by molar-refractivity contribution is 0.315. The first-order chi connectivity index (χ1) is 12.9. The maximum absolute atomic E-state index is 13.1. The molecule has 4 rings (SSSR count). The predicted molar refractivity (Wildman–Crippen MR) is 102 cm³/mol. The summed E-state index contributed by atoms with van der Waals surface area (Å²) >= 11 is 0. The lowest BCUT2D eigenvalue weighted by Crippen LogP contribution is -2.39. The Morgan fingerprint density at radius 3 is 2.56 bits per heavy atom. The standard InChI is InChI=1S/C19H19N3O4S/c23-18-16-11-15(8-9-17(16)20-19(24)21-18)27(25,26)22-10-4-7-14(12-22)13-5-2-1-3-6-13/h1-3,5-6,8-9,11,14H,4,7,10,12H2,(H2,20,21,23,24). The number of nitrogens with one attached hydrogen (secondary N) is 2. The maximum Gasteiger partial charge on any atom is 0.326 e. The third kappa shape index (κ3) is 3.33. The highest BCUT2D eigenvalue weighted by atomic mass is 32.2. The van der Waals surface area contributed by atoms with Gasteiger partial charge in [0.25, 0.3) is 5.56 Å². The molecule has 140 valence electrons. The number of aromatic nitrogens is 2. The molecule has 2 N–H and O–H groups in total. The minimum Gasteiger partial charge on any atom is -0.307 e. The molecule has 1 aliphatic rings. The highest BCUT2D eigenvalue weighted by molar-refractivity contribution is 7.89. The van der Waals surface area contributed by atoms with Crippen molar-refractivity contribution in [2.45, 2.75) is 23.7 Å². The van der Waals surface area contributed by atoms with E-state index in [0.29, 0.717) is 18.6 Å². The van der Waals surface area contributed by atoms with Crippen LogP contribution in [-0.2, 0) is 10.0 Å². The van der Waals surface area contributed by atoms with E-state index in [1.165, 1.54) is 22.5 Å². The van der Waals surface area contributed by atoms with E-state index in [4.69, 9.17) is 0 Å². The number of hydrogen-bond donors (Lipinski definition) is 2. The summed E-state index contributed by atoms with van der Waals surface area (Å²) in [4.78, 5) is 28.1. The highest BCUT2D eigenvalue weighted by Gasteiger charge is 2.31. The number of benzene rings is 2. The minimum atomic E-state index is -3.73. The molecule has 1 saturated heterocycles. The molecule has 8 heteroatoms. The average Bonchev–Trinajstić information content (AvgIpc) is 2.68. The molecule has 27 heavy (non-hydrogen) atoms. The summed E-state index contributed by atoms with van der Waals surface area (Å²) in [5.74, 6) is 0.148. The molecule has 7 nitrogen and oxygen atoms in total. The van der Waals surface area contributed by atoms with Crippen LogP contribution in [0.25, 0.3) is 10.9 Å². The van der Waals surface area contributed by atoms with E-state index in [1.54, 1.807) is 0 Å². The van der Waals surface area contributed by atoms with Crippen LogP contribution in [0.3, 0.4) is 0 Å². The van der Waals surface area contributed by atoms with Gasteiger partial charge in [-0.2, -0.15) is 4.31 Å². The van der Waals surface area contributed by atoms with Crippen molar-refractivity contribution in [2.75, 3.05) is 13.1 Å². The summed E-state index contributed by atoms with van der Waals surface area (Å²) in [6, 6.07) is 14.1. The van der Waals surface area contributed by atoms with Crippen molar-refractivity contribution in [2.24, 2.45) is 0 Å². The molecule has 1 aromatic heterocycles. The normalized spacial score (nSPS) is 18.6. The molecule has 0 saturated carbocycles. The van der Waals surface area contributed by atoms with Crippen LogP contribution in [0, 0.1) is 0 Å². The van der Waals surface area contributed by atoms with Crippen molar-refractivity contribution in [1.82, 2.24) is 14.3 Å². The fraction of sp³-hybridized carbons (Fsp3) is 0.263. The second-order valence-corrected chi connectivity index (χ2v) is 8.67. The number of sulfonamides is 1. The van der Waals surface area contributed by atoms with Gasteiger partial charge in [-0.3, -0.25) is 9.78 Å². The molecule has 1 aliphatic heterocycles. The summed E-state index contributed by atoms with van der Waals surface area (Å²) in [6.07, 6.45) is 1.72. The lowest BCUT2D eigenvalue weighted by Gasteiger charge is -2.32. The van der Waals surface area contributed by atoms with Gasteiger partial charge in [0, 0.05) is 13.1 Å². The van der Waals surface area contributed by atoms with E-state index >= 15 is 0 Å². The van der Waals surface area contributed by atoms with Gasteiger partial charge in [-0.05, 0) is 42.5 Å². The fourth-order valence-electron chi connectivity index (χ4n) is 3.61. The van der Waals surface area contributed by atoms with Crippen molar-refractivity contribution in [3.8, 4) is 0 Å². The Bertz CT molecular complexity index is 1200. The Morgan fingerprint density at radius 1 is 1.00 bits per heavy atom. The first-order valence-corrected chi connectivity index (χ1v) is 10.2. The van der Waals surface area contributed by atoms with Crippen molar-refractivity contribution in [3.05, 3.63) is 74.9 Å². The van der Waals surface area contributed by atoms with Crippen LogP contribution in [0.15, 0.2) is 63.0 Å². The fourth-order valence-corrected chi connectivity index (χ4v) is 5.16. The largest absolute Gasteiger partial charge is 0.326 e. The third-order valence-corrected chi connectivity index (χ3v) is 6.86. The number of nitrogens with zero attached hydrogens (tertiary/aromatic N) is 1. The number of piperidine rings is 1. The molecule has 3 aromatic rings. The summed E-state index contributed by atoms with van der Waals surface area (Å²) in [7, 11) is -3.73. The van der Waals surface area contributed by atoms with Gasteiger partial charge < -0.3 is 4.98 Å². The van der Waals surface area contributed by atoms with Crippen molar-refractivity contribution in [3.63, 3.8) is 0 Å². The van der Waals surface area contributed by atoms with Crippen LogP contribution in [0.5, 0.6) is 0 Å². The van der Waals surface area contributed by atoms with Crippen molar-refractivity contribution in [1.29, 1.82) is 0 Å². The molecule has 1 atom stereocenters. The Morgan fingerprint density at radius 2 is 1.78 bits per heavy atom. The van der Waals surface area contributed by atoms with E-state index in [1.807, 2.05) is 30.3 Å². The first kappa shape index (κ1) is 17.7. The van der Waals surface area contributed by atoms with Crippen LogP contribution < -0.4 is 11.2 Å². The van der Waals surface area contributed by atoms with Gasteiger partial charge in [-0.25, -0.2) is 13.2 Å². The monoisotopic (exact) mass is 385 g/mol. The number of fused-ring (bicyclic) bond motifs is 1. The number of rotatable bonds is 3. The first-order valence-electron chi connectivity index (χ1n) is 8.76. The molecular formula is C19H19N3O4S. The second kappa shape index (κ2) is 6.79. The summed E-state index contributed by atoms with van der Waals surface area (Å²) < 4.78 is 27.7. The molecule has 0 amide bonds. The molecule has 0 bridgehead atoms. The van der Waals surface area contributed by atoms with Gasteiger partial charge in [0.15, 0.2) is 0 Å². The third-order valence-electron chi connectivity index (χ3n) is 5.00. The molecule has 1 unspecified atom stereocenters. The van der Waals surface area contributed by atoms with E-state index in [9.17, 15) is 18.0 Å². The van der Waals surface area contributed by atoms with Crippen LogP contribution in [-0.4, -0.2) is 35.8 Å². The lowest BCUT2D eigenvalue weighted by atomic mass is 9.92. The average molecular weight is 385 g/mol. The Hall–Kier alpha value is -2.71. The minimum absolute atomic E-state index is 0.0567. The van der Waals surface area contributed by atoms with E-state index in [-0.39, 0.29) is 16.2 Å². The number of hydrogen-bond acceptors (Lipinski definition) is 4. The van der Waals surface area contributed by atoms with E-state index in [2.05, 4.69) is 9.97 Å². The highest BCUT2D eigenvalue weighted by Crippen LogP contribution is 2.30. The Kier molecular flexibility index (Phi) is 4.45. The van der Waals surface area contributed by atoms with E-state index in [0.717, 1.165) is 18.4 Å². The zero-order chi connectivity index (χ0) is 19.0. The van der Waals surface area contributed by atoms with Crippen molar-refractivity contribution >= 4 is 20.9 Å². The van der Waals surface area contributed by atoms with Crippen LogP contribution >= 0.6 is 0 Å². The van der Waals surface area contributed by atoms with Crippen LogP contribution in [0.4, 0.5) is 0 Å². The van der Waals surface area contributed by atoms with Crippen LogP contribution in [0.1, 0.15) is 24.3 Å². The molecule has 0 spiro atoms. The molecule has 0 aliphatic carbocycles. The van der Waals surface area contributed by atoms with Gasteiger partial charge >= 0.3 is 5.69 Å². The maximum atomic E-state index is 13.1.